The Labute approximate surface area is 70.0 Å². The average Bonchev–Trinajstić information content (AvgIpc) is 2.51. The zero-order valence-corrected chi connectivity index (χ0v) is 6.69. The van der Waals surface area contributed by atoms with E-state index in [0.29, 0.717) is 0 Å². The molecule has 0 spiro atoms. The van der Waals surface area contributed by atoms with Gasteiger partial charge in [-0.05, 0) is 19.1 Å². The summed E-state index contributed by atoms with van der Waals surface area (Å²) in [5.74, 6) is -0.919. The molecule has 1 heterocycles. The minimum Gasteiger partial charge on any atom is -0.480 e. The zero-order valence-electron chi connectivity index (χ0n) is 6.69. The van der Waals surface area contributed by atoms with Crippen LogP contribution in [-0.4, -0.2) is 28.3 Å². The first-order valence-corrected chi connectivity index (χ1v) is 3.59. The monoisotopic (exact) mass is 166 g/mol. The van der Waals surface area contributed by atoms with E-state index in [0.717, 1.165) is 5.69 Å². The molecule has 0 bridgehead atoms. The summed E-state index contributed by atoms with van der Waals surface area (Å²) in [4.78, 5) is 17.0. The summed E-state index contributed by atoms with van der Waals surface area (Å²) >= 11 is 0. The Morgan fingerprint density at radius 2 is 2.58 bits per heavy atom. The zero-order chi connectivity index (χ0) is 8.97. The highest BCUT2D eigenvalue weighted by Crippen LogP contribution is 1.93. The molecule has 12 heavy (non-hydrogen) atoms. The molecular weight excluding hydrogens is 156 g/mol. The molecule has 4 heteroatoms. The Hall–Kier alpha value is -1.58. The molecule has 2 N–H and O–H groups in total. The number of aliphatic carboxylic acids is 1. The number of nitrogens with zero attached hydrogens (tertiary/aromatic N) is 1. The fourth-order valence-electron chi connectivity index (χ4n) is 0.680. The molecule has 0 aliphatic rings. The van der Waals surface area contributed by atoms with E-state index in [1.165, 1.54) is 13.1 Å². The molecule has 1 atom stereocenters. The molecule has 0 amide bonds. The van der Waals surface area contributed by atoms with Crippen molar-refractivity contribution in [2.24, 2.45) is 4.99 Å². The van der Waals surface area contributed by atoms with Gasteiger partial charge in [-0.1, -0.05) is 0 Å². The van der Waals surface area contributed by atoms with Crippen LogP contribution < -0.4 is 0 Å². The van der Waals surface area contributed by atoms with E-state index in [1.807, 2.05) is 12.1 Å². The Morgan fingerprint density at radius 3 is 3.08 bits per heavy atom. The third kappa shape index (κ3) is 2.23. The Morgan fingerprint density at radius 1 is 1.83 bits per heavy atom. The predicted molar refractivity (Wildman–Crippen MR) is 45.5 cm³/mol. The summed E-state index contributed by atoms with van der Waals surface area (Å²) in [6, 6.07) is 2.96. The number of H-pyrrole nitrogens is 1. The lowest BCUT2D eigenvalue weighted by Crippen LogP contribution is -2.13. The van der Waals surface area contributed by atoms with Crippen molar-refractivity contribution < 1.29 is 9.90 Å². The van der Waals surface area contributed by atoms with Crippen LogP contribution in [0.5, 0.6) is 0 Å². The lowest BCUT2D eigenvalue weighted by atomic mass is 10.3. The molecule has 0 aliphatic carbocycles. The molecule has 0 saturated heterocycles. The molecule has 0 saturated carbocycles. The molecule has 1 aromatic heterocycles. The summed E-state index contributed by atoms with van der Waals surface area (Å²) in [5, 5.41) is 8.49. The highest BCUT2D eigenvalue weighted by molar-refractivity contribution is 5.81. The van der Waals surface area contributed by atoms with Crippen molar-refractivity contribution in [2.75, 3.05) is 0 Å². The predicted octanol–water partition coefficient (Wildman–Crippen LogP) is 0.907. The van der Waals surface area contributed by atoms with Gasteiger partial charge in [0.2, 0.25) is 0 Å². The highest BCUT2D eigenvalue weighted by Gasteiger charge is 2.06. The van der Waals surface area contributed by atoms with E-state index in [-0.39, 0.29) is 0 Å². The Bertz CT molecular complexity index is 277. The van der Waals surface area contributed by atoms with E-state index in [4.69, 9.17) is 5.11 Å². The van der Waals surface area contributed by atoms with E-state index < -0.39 is 12.0 Å². The largest absolute Gasteiger partial charge is 0.480 e. The molecule has 1 rings (SSSR count). The minimum atomic E-state index is -0.919. The Kier molecular flexibility index (Phi) is 2.63. The number of aromatic amines is 1. The molecular formula is C8H10N2O2. The quantitative estimate of drug-likeness (QED) is 0.655. The topological polar surface area (TPSA) is 65.5 Å². The maximum atomic E-state index is 10.3. The van der Waals surface area contributed by atoms with Gasteiger partial charge in [-0.25, -0.2) is 4.79 Å². The second-order valence-electron chi connectivity index (χ2n) is 2.42. The van der Waals surface area contributed by atoms with Crippen molar-refractivity contribution in [1.29, 1.82) is 0 Å². The standard InChI is InChI=1S/C8H10N2O2/c1-6(8(11)12)10-5-7-3-2-4-9-7/h2-6,9H,1H3,(H,11,12). The molecule has 1 unspecified atom stereocenters. The van der Waals surface area contributed by atoms with Gasteiger partial charge < -0.3 is 10.1 Å². The van der Waals surface area contributed by atoms with Crippen molar-refractivity contribution in [2.45, 2.75) is 13.0 Å². The number of aromatic nitrogens is 1. The van der Waals surface area contributed by atoms with Crippen LogP contribution in [-0.2, 0) is 4.79 Å². The summed E-state index contributed by atoms with van der Waals surface area (Å²) in [6.07, 6.45) is 3.27. The van der Waals surface area contributed by atoms with Gasteiger partial charge in [0.05, 0.1) is 5.69 Å². The van der Waals surface area contributed by atoms with Gasteiger partial charge in [0.25, 0.3) is 0 Å². The van der Waals surface area contributed by atoms with Crippen LogP contribution in [0.3, 0.4) is 0 Å². The van der Waals surface area contributed by atoms with Crippen molar-refractivity contribution in [3.05, 3.63) is 24.0 Å². The lowest BCUT2D eigenvalue weighted by Gasteiger charge is -1.95. The molecule has 1 aromatic rings. The lowest BCUT2D eigenvalue weighted by molar-refractivity contribution is -0.137. The first-order chi connectivity index (χ1) is 5.70. The van der Waals surface area contributed by atoms with Crippen LogP contribution in [0.25, 0.3) is 0 Å². The van der Waals surface area contributed by atoms with Gasteiger partial charge in [-0.15, -0.1) is 0 Å². The molecule has 64 valence electrons. The van der Waals surface area contributed by atoms with Gasteiger partial charge >= 0.3 is 5.97 Å². The Balaban J connectivity index is 2.56. The van der Waals surface area contributed by atoms with Crippen molar-refractivity contribution in [1.82, 2.24) is 4.98 Å². The second kappa shape index (κ2) is 3.71. The summed E-state index contributed by atoms with van der Waals surface area (Å²) in [6.45, 7) is 1.53. The van der Waals surface area contributed by atoms with Crippen LogP contribution >= 0.6 is 0 Å². The summed E-state index contributed by atoms with van der Waals surface area (Å²) in [5.41, 5.74) is 0.808. The number of carboxylic acids is 1. The van der Waals surface area contributed by atoms with E-state index in [1.54, 1.807) is 6.20 Å². The average molecular weight is 166 g/mol. The number of hydrogen-bond donors (Lipinski definition) is 2. The fourth-order valence-corrected chi connectivity index (χ4v) is 0.680. The van der Waals surface area contributed by atoms with Crippen LogP contribution in [0.1, 0.15) is 12.6 Å². The molecule has 0 aliphatic heterocycles. The minimum absolute atomic E-state index is 0.687. The highest BCUT2D eigenvalue weighted by atomic mass is 16.4. The normalized spacial score (nSPS) is 13.4. The third-order valence-electron chi connectivity index (χ3n) is 1.42. The first kappa shape index (κ1) is 8.52. The molecule has 0 radical (unpaired) electrons. The van der Waals surface area contributed by atoms with Gasteiger partial charge in [-0.3, -0.25) is 4.99 Å². The number of nitrogens with one attached hydrogen (secondary N) is 1. The molecule has 0 aromatic carbocycles. The number of carboxylic acid groups (broad SMARTS) is 1. The van der Waals surface area contributed by atoms with E-state index in [2.05, 4.69) is 9.98 Å². The first-order valence-electron chi connectivity index (χ1n) is 3.59. The molecule has 0 fully saturated rings. The van der Waals surface area contributed by atoms with Crippen molar-refractivity contribution in [3.63, 3.8) is 0 Å². The number of aliphatic imine (C=N–C) groups is 1. The summed E-state index contributed by atoms with van der Waals surface area (Å²) < 4.78 is 0. The number of carbonyl (C=O) groups is 1. The van der Waals surface area contributed by atoms with Crippen LogP contribution in [0.4, 0.5) is 0 Å². The second-order valence-corrected chi connectivity index (χ2v) is 2.42. The van der Waals surface area contributed by atoms with Gasteiger partial charge in [0, 0.05) is 12.4 Å². The maximum absolute atomic E-state index is 10.3. The smallest absolute Gasteiger partial charge is 0.328 e. The van der Waals surface area contributed by atoms with Crippen molar-refractivity contribution >= 4 is 12.2 Å². The van der Waals surface area contributed by atoms with Gasteiger partial charge in [0.15, 0.2) is 0 Å². The fraction of sp³-hybridized carbons (Fsp3) is 0.250. The number of hydrogen-bond acceptors (Lipinski definition) is 2. The number of rotatable bonds is 3. The van der Waals surface area contributed by atoms with Crippen LogP contribution in [0.2, 0.25) is 0 Å². The SMILES string of the molecule is CC(N=Cc1ccc[nH]1)C(=O)O. The summed E-state index contributed by atoms with van der Waals surface area (Å²) in [7, 11) is 0. The van der Waals surface area contributed by atoms with Crippen molar-refractivity contribution in [3.8, 4) is 0 Å². The van der Waals surface area contributed by atoms with Crippen LogP contribution in [0.15, 0.2) is 23.3 Å². The van der Waals surface area contributed by atoms with E-state index in [9.17, 15) is 4.79 Å². The van der Waals surface area contributed by atoms with Crippen LogP contribution in [0, 0.1) is 0 Å². The van der Waals surface area contributed by atoms with Gasteiger partial charge in [0.1, 0.15) is 6.04 Å². The third-order valence-corrected chi connectivity index (χ3v) is 1.42. The van der Waals surface area contributed by atoms with Gasteiger partial charge in [-0.2, -0.15) is 0 Å². The maximum Gasteiger partial charge on any atom is 0.328 e. The van der Waals surface area contributed by atoms with E-state index >= 15 is 0 Å². The molecule has 4 nitrogen and oxygen atoms in total.